The van der Waals surface area contributed by atoms with Crippen LogP contribution in [0.15, 0.2) is 68.9 Å². The molecular weight excluding hydrogens is 389 g/mol. The van der Waals surface area contributed by atoms with Crippen LogP contribution in [0.4, 0.5) is 17.3 Å². The second-order valence-corrected chi connectivity index (χ2v) is 6.65. The summed E-state index contributed by atoms with van der Waals surface area (Å²) in [6.45, 7) is 0. The van der Waals surface area contributed by atoms with Crippen LogP contribution >= 0.6 is 0 Å². The van der Waals surface area contributed by atoms with Gasteiger partial charge in [-0.15, -0.1) is 0 Å². The van der Waals surface area contributed by atoms with Gasteiger partial charge in [0.2, 0.25) is 0 Å². The van der Waals surface area contributed by atoms with Gasteiger partial charge in [0.25, 0.3) is 11.0 Å². The van der Waals surface area contributed by atoms with E-state index in [1.165, 1.54) is 11.6 Å². The van der Waals surface area contributed by atoms with Gasteiger partial charge in [-0.2, -0.15) is 4.57 Å². The van der Waals surface area contributed by atoms with Crippen molar-refractivity contribution in [2.75, 3.05) is 7.05 Å². The molecule has 0 saturated heterocycles. The molecule has 1 aromatic rings. The molecule has 152 valence electrons. The van der Waals surface area contributed by atoms with Gasteiger partial charge in [-0.3, -0.25) is 4.79 Å². The molecule has 0 fully saturated rings. The van der Waals surface area contributed by atoms with Gasteiger partial charge in [-0.05, 0) is 23.6 Å². The summed E-state index contributed by atoms with van der Waals surface area (Å²) in [6.07, 6.45) is 12.3. The zero-order valence-corrected chi connectivity index (χ0v) is 15.9. The standard InChI is InChI=1S/C19H18N3O2.BF4/c1-20-14-10-6-8-12-7-4-5-9-13(11-12)15(14)16-17(20)21(2)19(24)22(3)18(16)23;2-1(3,4)5/h4-10H,11H2,1-3H3;/q+1;-1/i10D;. The summed E-state index contributed by atoms with van der Waals surface area (Å²) in [5.74, 6) is 0. The van der Waals surface area contributed by atoms with Crippen molar-refractivity contribution >= 4 is 12.8 Å². The molecule has 0 atom stereocenters. The Bertz CT molecular complexity index is 1340. The minimum Gasteiger partial charge on any atom is -0.418 e. The molecule has 4 rings (SSSR count). The van der Waals surface area contributed by atoms with Crippen LogP contribution in [0, 0.1) is 0 Å². The molecular formula is C19H18BF4N3O2. The molecule has 1 aliphatic heterocycles. The van der Waals surface area contributed by atoms with Crippen molar-refractivity contribution in [2.24, 2.45) is 14.1 Å². The Hall–Kier alpha value is -3.17. The van der Waals surface area contributed by atoms with Gasteiger partial charge in [-0.1, -0.05) is 36.5 Å². The molecule has 0 N–H and O–H groups in total. The first kappa shape index (κ1) is 19.2. The molecule has 0 saturated carbocycles. The molecule has 2 bridgehead atoms. The lowest BCUT2D eigenvalue weighted by molar-refractivity contribution is 0.368. The molecule has 10 heteroatoms. The molecule has 0 unspecified atom stereocenters. The molecule has 0 amide bonds. The van der Waals surface area contributed by atoms with E-state index in [4.69, 9.17) is 1.37 Å². The Morgan fingerprint density at radius 1 is 1.07 bits per heavy atom. The Kier molecular flexibility index (Phi) is 4.85. The van der Waals surface area contributed by atoms with E-state index in [1.54, 1.807) is 24.7 Å². The van der Waals surface area contributed by atoms with Gasteiger partial charge in [0, 0.05) is 12.6 Å². The monoisotopic (exact) mass is 408 g/mol. The highest BCUT2D eigenvalue weighted by Gasteiger charge is 2.30. The Morgan fingerprint density at radius 3 is 2.34 bits per heavy atom. The first-order valence-electron chi connectivity index (χ1n) is 9.16. The fourth-order valence-corrected chi connectivity index (χ4v) is 3.52. The average Bonchev–Trinajstić information content (AvgIpc) is 2.80. The first-order valence-corrected chi connectivity index (χ1v) is 8.66. The third kappa shape index (κ3) is 3.87. The van der Waals surface area contributed by atoms with E-state index in [0.29, 0.717) is 28.9 Å². The number of hydrogen-bond donors (Lipinski definition) is 0. The molecule has 2 aliphatic carbocycles. The predicted molar refractivity (Wildman–Crippen MR) is 104 cm³/mol. The summed E-state index contributed by atoms with van der Waals surface area (Å²) in [5, 5.41) is 0.489. The highest BCUT2D eigenvalue weighted by atomic mass is 19.5. The molecule has 0 spiro atoms. The van der Waals surface area contributed by atoms with Crippen LogP contribution in [0.2, 0.25) is 0 Å². The van der Waals surface area contributed by atoms with Gasteiger partial charge in [-0.25, -0.2) is 13.9 Å². The maximum Gasteiger partial charge on any atom is 0.673 e. The fraction of sp³-hybridized carbons (Fsp3) is 0.211. The van der Waals surface area contributed by atoms with Crippen molar-refractivity contribution in [2.45, 2.75) is 6.42 Å². The molecule has 3 aliphatic rings. The largest absolute Gasteiger partial charge is 0.673 e. The maximum atomic E-state index is 12.9. The number of fused-ring (bicyclic) bond motifs is 5. The van der Waals surface area contributed by atoms with Gasteiger partial charge in [0.1, 0.15) is 10.9 Å². The molecule has 0 aromatic carbocycles. The molecule has 2 heterocycles. The number of aromatic nitrogens is 2. The summed E-state index contributed by atoms with van der Waals surface area (Å²) >= 11 is 0. The van der Waals surface area contributed by atoms with Gasteiger partial charge >= 0.3 is 12.9 Å². The number of halogens is 4. The van der Waals surface area contributed by atoms with E-state index < -0.39 is 7.25 Å². The minimum absolute atomic E-state index is 0.321. The van der Waals surface area contributed by atoms with Crippen molar-refractivity contribution in [1.82, 2.24) is 13.7 Å². The van der Waals surface area contributed by atoms with E-state index in [-0.39, 0.29) is 11.2 Å². The van der Waals surface area contributed by atoms with Crippen LogP contribution in [0.25, 0.3) is 5.57 Å². The summed E-state index contributed by atoms with van der Waals surface area (Å²) in [7, 11) is -1.05. The summed E-state index contributed by atoms with van der Waals surface area (Å²) in [5.41, 5.74) is 3.30. The second kappa shape index (κ2) is 7.34. The average molecular weight is 408 g/mol. The Balaban J connectivity index is 0.000000461. The number of hydrogen-bond acceptors (Lipinski definition) is 2. The van der Waals surface area contributed by atoms with Crippen LogP contribution in [-0.2, 0) is 14.1 Å². The first-order chi connectivity index (χ1) is 13.9. The molecule has 0 radical (unpaired) electrons. The van der Waals surface area contributed by atoms with E-state index in [0.717, 1.165) is 21.3 Å². The fourth-order valence-electron chi connectivity index (χ4n) is 3.52. The second-order valence-electron chi connectivity index (χ2n) is 6.65. The van der Waals surface area contributed by atoms with Gasteiger partial charge in [0.15, 0.2) is 0 Å². The summed E-state index contributed by atoms with van der Waals surface area (Å²) < 4.78 is 51.9. The highest BCUT2D eigenvalue weighted by molar-refractivity contribution is 6.50. The van der Waals surface area contributed by atoms with Crippen molar-refractivity contribution in [3.05, 3.63) is 90.9 Å². The lowest BCUT2D eigenvalue weighted by atomic mass is 9.93. The van der Waals surface area contributed by atoms with Crippen LogP contribution in [0.5, 0.6) is 0 Å². The molecule has 29 heavy (non-hydrogen) atoms. The quantitative estimate of drug-likeness (QED) is 0.365. The third-order valence-corrected chi connectivity index (χ3v) is 4.73. The Morgan fingerprint density at radius 2 is 1.69 bits per heavy atom. The SMILES string of the molecule is F[B-](F)(F)F.[2H]C1=C2C(=c3c(=O)n(C)c(=O)n(C)c3=[N+]2C)C2=CC=CC=C(C=C1)C2. The smallest absolute Gasteiger partial charge is 0.418 e. The van der Waals surface area contributed by atoms with Crippen molar-refractivity contribution < 1.29 is 18.6 Å². The van der Waals surface area contributed by atoms with E-state index in [9.17, 15) is 26.9 Å². The van der Waals surface area contributed by atoms with Crippen LogP contribution in [0.3, 0.4) is 0 Å². The van der Waals surface area contributed by atoms with Gasteiger partial charge < -0.3 is 17.3 Å². The highest BCUT2D eigenvalue weighted by Crippen LogP contribution is 2.30. The van der Waals surface area contributed by atoms with Crippen LogP contribution in [0.1, 0.15) is 7.79 Å². The zero-order chi connectivity index (χ0) is 22.4. The minimum atomic E-state index is -6.00. The van der Waals surface area contributed by atoms with Crippen molar-refractivity contribution in [3.63, 3.8) is 0 Å². The van der Waals surface area contributed by atoms with Crippen LogP contribution in [-0.4, -0.2) is 23.4 Å². The lowest BCUT2D eigenvalue weighted by Crippen LogP contribution is -2.58. The molecule has 1 aromatic heterocycles. The van der Waals surface area contributed by atoms with Crippen molar-refractivity contribution in [3.8, 4) is 0 Å². The maximum absolute atomic E-state index is 12.9. The summed E-state index contributed by atoms with van der Waals surface area (Å²) in [4.78, 5) is 25.3. The third-order valence-electron chi connectivity index (χ3n) is 4.73. The normalized spacial score (nSPS) is 18.0. The molecule has 5 nitrogen and oxygen atoms in total. The number of nitrogens with zero attached hydrogens (tertiary/aromatic N) is 3. The van der Waals surface area contributed by atoms with E-state index >= 15 is 0 Å². The number of allylic oxidation sites excluding steroid dienone is 9. The topological polar surface area (TPSA) is 47.0 Å². The van der Waals surface area contributed by atoms with Crippen molar-refractivity contribution in [1.29, 1.82) is 0 Å². The van der Waals surface area contributed by atoms with E-state index in [1.807, 2.05) is 30.4 Å². The van der Waals surface area contributed by atoms with Crippen LogP contribution < -0.4 is 26.5 Å². The van der Waals surface area contributed by atoms with E-state index in [2.05, 4.69) is 0 Å². The predicted octanol–water partition coefficient (Wildman–Crippen LogP) is 0.936. The summed E-state index contributed by atoms with van der Waals surface area (Å²) in [6, 6.07) is 0.321. The number of rotatable bonds is 0. The Labute approximate surface area is 164 Å². The lowest BCUT2D eigenvalue weighted by Gasteiger charge is -2.12. The van der Waals surface area contributed by atoms with Gasteiger partial charge in [0.05, 0.1) is 15.5 Å². The zero-order valence-electron chi connectivity index (χ0n) is 16.9.